The maximum absolute atomic E-state index is 6.05. The lowest BCUT2D eigenvalue weighted by Crippen LogP contribution is -2.03. The van der Waals surface area contributed by atoms with Crippen LogP contribution in [0.15, 0.2) is 30.5 Å². The largest absolute Gasteiger partial charge is 0.369 e. The van der Waals surface area contributed by atoms with Crippen molar-refractivity contribution in [2.45, 2.75) is 6.92 Å². The van der Waals surface area contributed by atoms with Gasteiger partial charge >= 0.3 is 0 Å². The first-order valence-corrected chi connectivity index (χ1v) is 6.38. The van der Waals surface area contributed by atoms with E-state index < -0.39 is 0 Å². The lowest BCUT2D eigenvalue weighted by atomic mass is 10.2. The van der Waals surface area contributed by atoms with Crippen molar-refractivity contribution in [1.29, 1.82) is 0 Å². The molecule has 0 fully saturated rings. The van der Waals surface area contributed by atoms with Crippen LogP contribution in [0.4, 0.5) is 5.95 Å². The van der Waals surface area contributed by atoms with Gasteiger partial charge in [-0.15, -0.1) is 0 Å². The van der Waals surface area contributed by atoms with Crippen LogP contribution in [-0.2, 0) is 0 Å². The van der Waals surface area contributed by atoms with Gasteiger partial charge < -0.3 is 5.73 Å². The SMILES string of the molecule is Cc1ccc(Cl)cc1-n1c(N)nc2cc(Cl)cnc21. The van der Waals surface area contributed by atoms with Crippen LogP contribution in [0.2, 0.25) is 10.0 Å². The predicted molar refractivity (Wildman–Crippen MR) is 78.0 cm³/mol. The molecule has 2 N–H and O–H groups in total. The number of imidazole rings is 1. The van der Waals surface area contributed by atoms with Gasteiger partial charge in [-0.2, -0.15) is 0 Å². The molecule has 0 aliphatic rings. The van der Waals surface area contributed by atoms with Gasteiger partial charge in [-0.1, -0.05) is 29.3 Å². The number of fused-ring (bicyclic) bond motifs is 1. The van der Waals surface area contributed by atoms with E-state index in [0.29, 0.717) is 27.2 Å². The number of aryl methyl sites for hydroxylation is 1. The number of nitrogens with two attached hydrogens (primary N) is 1. The Kier molecular flexibility index (Phi) is 2.84. The molecular weight excluding hydrogens is 283 g/mol. The van der Waals surface area contributed by atoms with E-state index in [1.54, 1.807) is 16.8 Å². The van der Waals surface area contributed by atoms with Gasteiger partial charge in [-0.3, -0.25) is 4.57 Å². The van der Waals surface area contributed by atoms with Gasteiger partial charge in [0.25, 0.3) is 0 Å². The number of pyridine rings is 1. The Morgan fingerprint density at radius 2 is 1.95 bits per heavy atom. The van der Waals surface area contributed by atoms with Gasteiger partial charge in [-0.05, 0) is 30.7 Å². The summed E-state index contributed by atoms with van der Waals surface area (Å²) in [5.41, 5.74) is 9.19. The number of hydrogen-bond acceptors (Lipinski definition) is 3. The molecule has 3 aromatic rings. The average molecular weight is 293 g/mol. The number of aromatic nitrogens is 3. The minimum Gasteiger partial charge on any atom is -0.369 e. The molecule has 2 aromatic heterocycles. The summed E-state index contributed by atoms with van der Waals surface area (Å²) in [5.74, 6) is 0.357. The zero-order valence-corrected chi connectivity index (χ0v) is 11.6. The summed E-state index contributed by atoms with van der Waals surface area (Å²) in [6.07, 6.45) is 1.57. The van der Waals surface area contributed by atoms with Crippen molar-refractivity contribution < 1.29 is 0 Å². The fraction of sp³-hybridized carbons (Fsp3) is 0.0769. The van der Waals surface area contributed by atoms with Gasteiger partial charge in [0, 0.05) is 11.2 Å². The smallest absolute Gasteiger partial charge is 0.207 e. The van der Waals surface area contributed by atoms with Crippen LogP contribution in [0.25, 0.3) is 16.9 Å². The van der Waals surface area contributed by atoms with Gasteiger partial charge in [0.05, 0.1) is 10.7 Å². The van der Waals surface area contributed by atoms with Crippen molar-refractivity contribution in [1.82, 2.24) is 14.5 Å². The van der Waals surface area contributed by atoms with E-state index in [0.717, 1.165) is 11.3 Å². The maximum Gasteiger partial charge on any atom is 0.207 e. The van der Waals surface area contributed by atoms with Crippen LogP contribution in [0.3, 0.4) is 0 Å². The van der Waals surface area contributed by atoms with E-state index in [9.17, 15) is 0 Å². The molecule has 3 rings (SSSR count). The number of halogens is 2. The van der Waals surface area contributed by atoms with E-state index >= 15 is 0 Å². The van der Waals surface area contributed by atoms with Crippen LogP contribution in [0, 0.1) is 6.92 Å². The third kappa shape index (κ3) is 2.03. The fourth-order valence-electron chi connectivity index (χ4n) is 2.02. The summed E-state index contributed by atoms with van der Waals surface area (Å²) < 4.78 is 1.77. The highest BCUT2D eigenvalue weighted by molar-refractivity contribution is 6.31. The highest BCUT2D eigenvalue weighted by atomic mass is 35.5. The molecule has 0 saturated carbocycles. The van der Waals surface area contributed by atoms with E-state index in [1.165, 1.54) is 0 Å². The lowest BCUT2D eigenvalue weighted by molar-refractivity contribution is 1.07. The molecule has 0 bridgehead atoms. The first-order chi connectivity index (χ1) is 9.06. The maximum atomic E-state index is 6.05. The van der Waals surface area contributed by atoms with Crippen LogP contribution < -0.4 is 5.73 Å². The highest BCUT2D eigenvalue weighted by Gasteiger charge is 2.13. The Balaban J connectivity index is 2.36. The number of nitrogen functional groups attached to an aromatic ring is 1. The molecule has 19 heavy (non-hydrogen) atoms. The normalized spacial score (nSPS) is 11.1. The Hall–Kier alpha value is -1.78. The highest BCUT2D eigenvalue weighted by Crippen LogP contribution is 2.27. The molecule has 4 nitrogen and oxygen atoms in total. The third-order valence-electron chi connectivity index (χ3n) is 2.90. The molecule has 0 saturated heterocycles. The first kappa shape index (κ1) is 12.3. The minimum atomic E-state index is 0.357. The van der Waals surface area contributed by atoms with Crippen molar-refractivity contribution in [3.05, 3.63) is 46.1 Å². The Bertz CT molecular complexity index is 780. The van der Waals surface area contributed by atoms with Crippen molar-refractivity contribution in [3.63, 3.8) is 0 Å². The van der Waals surface area contributed by atoms with E-state index in [4.69, 9.17) is 28.9 Å². The predicted octanol–water partition coefficient (Wildman–Crippen LogP) is 3.62. The molecule has 0 aliphatic heterocycles. The van der Waals surface area contributed by atoms with Gasteiger partial charge in [0.1, 0.15) is 5.52 Å². The van der Waals surface area contributed by atoms with Crippen LogP contribution in [0.1, 0.15) is 5.56 Å². The minimum absolute atomic E-state index is 0.357. The van der Waals surface area contributed by atoms with E-state index in [1.807, 2.05) is 25.1 Å². The van der Waals surface area contributed by atoms with E-state index in [-0.39, 0.29) is 0 Å². The molecule has 0 amide bonds. The first-order valence-electron chi connectivity index (χ1n) is 5.62. The van der Waals surface area contributed by atoms with Crippen LogP contribution in [-0.4, -0.2) is 14.5 Å². The molecule has 1 aromatic carbocycles. The van der Waals surface area contributed by atoms with Crippen LogP contribution in [0.5, 0.6) is 0 Å². The average Bonchev–Trinajstić information content (AvgIpc) is 2.67. The number of nitrogens with zero attached hydrogens (tertiary/aromatic N) is 3. The number of rotatable bonds is 1. The number of benzene rings is 1. The molecule has 0 spiro atoms. The third-order valence-corrected chi connectivity index (χ3v) is 3.34. The molecule has 0 atom stereocenters. The van der Waals surface area contributed by atoms with Gasteiger partial charge in [-0.25, -0.2) is 9.97 Å². The molecule has 0 radical (unpaired) electrons. The number of anilines is 1. The standard InChI is InChI=1S/C13H10Cl2N4/c1-7-2-3-8(14)5-11(7)19-12-10(18-13(19)16)4-9(15)6-17-12/h2-6H,1H3,(H2,16,18). The van der Waals surface area contributed by atoms with Crippen molar-refractivity contribution in [2.75, 3.05) is 5.73 Å². The summed E-state index contributed by atoms with van der Waals surface area (Å²) in [7, 11) is 0. The quantitative estimate of drug-likeness (QED) is 0.745. The monoisotopic (exact) mass is 292 g/mol. The molecule has 2 heterocycles. The summed E-state index contributed by atoms with van der Waals surface area (Å²) >= 11 is 12.0. The second-order valence-electron chi connectivity index (χ2n) is 4.23. The Morgan fingerprint density at radius 3 is 2.74 bits per heavy atom. The topological polar surface area (TPSA) is 56.7 Å². The lowest BCUT2D eigenvalue weighted by Gasteiger charge is -2.09. The second-order valence-corrected chi connectivity index (χ2v) is 5.11. The Labute approximate surface area is 119 Å². The van der Waals surface area contributed by atoms with Gasteiger partial charge in [0.2, 0.25) is 5.95 Å². The molecule has 96 valence electrons. The summed E-state index contributed by atoms with van der Waals surface area (Å²) in [4.78, 5) is 8.57. The summed E-state index contributed by atoms with van der Waals surface area (Å²) in [6.45, 7) is 1.98. The molecule has 0 aliphatic carbocycles. The van der Waals surface area contributed by atoms with Crippen LogP contribution >= 0.6 is 23.2 Å². The Morgan fingerprint density at radius 1 is 1.16 bits per heavy atom. The van der Waals surface area contributed by atoms with Crippen molar-refractivity contribution in [3.8, 4) is 5.69 Å². The zero-order valence-electron chi connectivity index (χ0n) is 10.1. The molecule has 6 heteroatoms. The molecule has 0 unspecified atom stereocenters. The second kappa shape index (κ2) is 4.40. The number of hydrogen-bond donors (Lipinski definition) is 1. The summed E-state index contributed by atoms with van der Waals surface area (Å²) in [5, 5.41) is 1.16. The fourth-order valence-corrected chi connectivity index (χ4v) is 2.34. The summed E-state index contributed by atoms with van der Waals surface area (Å²) in [6, 6.07) is 7.33. The van der Waals surface area contributed by atoms with Crippen molar-refractivity contribution in [2.24, 2.45) is 0 Å². The zero-order chi connectivity index (χ0) is 13.6. The van der Waals surface area contributed by atoms with E-state index in [2.05, 4.69) is 9.97 Å². The van der Waals surface area contributed by atoms with Gasteiger partial charge in [0.15, 0.2) is 5.65 Å². The molecular formula is C13H10Cl2N4. The van der Waals surface area contributed by atoms with Crippen molar-refractivity contribution >= 4 is 40.3 Å².